The van der Waals surface area contributed by atoms with Crippen molar-refractivity contribution in [2.45, 2.75) is 6.10 Å². The van der Waals surface area contributed by atoms with E-state index in [1.165, 1.54) is 24.3 Å². The quantitative estimate of drug-likeness (QED) is 0.311. The average molecular weight is 410 g/mol. The third-order valence-electron chi connectivity index (χ3n) is 4.70. The maximum Gasteiger partial charge on any atom is 0.278 e. The number of nitro groups is 2. The molecule has 2 heterocycles. The number of rotatable bonds is 5. The van der Waals surface area contributed by atoms with E-state index in [1.54, 1.807) is 0 Å². The van der Waals surface area contributed by atoms with Crippen LogP contribution in [0.25, 0.3) is 0 Å². The van der Waals surface area contributed by atoms with Gasteiger partial charge in [0.25, 0.3) is 17.3 Å². The Morgan fingerprint density at radius 1 is 0.900 bits per heavy atom. The van der Waals surface area contributed by atoms with Crippen LogP contribution in [0, 0.1) is 26.1 Å². The lowest BCUT2D eigenvalue weighted by molar-refractivity contribution is -0.385. The first-order valence-electron chi connectivity index (χ1n) is 8.44. The first-order chi connectivity index (χ1) is 14.3. The highest BCUT2D eigenvalue weighted by atomic mass is 16.7. The summed E-state index contributed by atoms with van der Waals surface area (Å²) in [5.41, 5.74) is -0.597. The second-order valence-corrected chi connectivity index (χ2v) is 6.40. The molecule has 0 bridgehead atoms. The van der Waals surface area contributed by atoms with Crippen LogP contribution in [-0.4, -0.2) is 39.3 Å². The normalized spacial score (nSPS) is 19.9. The number of ketones is 1. The van der Waals surface area contributed by atoms with Gasteiger partial charge in [0.15, 0.2) is 0 Å². The zero-order chi connectivity index (χ0) is 21.6. The number of carbonyl (C=O) groups excluding carboxylic acids is 3. The Balaban J connectivity index is 1.60. The first-order valence-corrected chi connectivity index (χ1v) is 8.44. The predicted octanol–water partition coefficient (Wildman–Crippen LogP) is 1.63. The molecule has 1 saturated heterocycles. The molecule has 2 aliphatic rings. The molecule has 0 radical (unpaired) electrons. The minimum absolute atomic E-state index is 0.0395. The molecule has 12 nitrogen and oxygen atoms in total. The van der Waals surface area contributed by atoms with Gasteiger partial charge in [0.1, 0.15) is 11.6 Å². The zero-order valence-corrected chi connectivity index (χ0v) is 14.8. The Bertz CT molecular complexity index is 1140. The molecular formula is C18H10N4O8. The molecule has 0 spiro atoms. The van der Waals surface area contributed by atoms with E-state index in [0.29, 0.717) is 0 Å². The average Bonchev–Trinajstić information content (AvgIpc) is 3.28. The summed E-state index contributed by atoms with van der Waals surface area (Å²) < 4.78 is 0. The summed E-state index contributed by atoms with van der Waals surface area (Å²) in [7, 11) is 0. The van der Waals surface area contributed by atoms with Gasteiger partial charge in [0, 0.05) is 29.8 Å². The van der Waals surface area contributed by atoms with Crippen molar-refractivity contribution < 1.29 is 29.1 Å². The van der Waals surface area contributed by atoms with Gasteiger partial charge in [0.2, 0.25) is 17.8 Å². The minimum Gasteiger partial charge on any atom is -0.381 e. The fourth-order valence-corrected chi connectivity index (χ4v) is 3.23. The molecule has 12 heteroatoms. The largest absolute Gasteiger partial charge is 0.381 e. The number of imide groups is 1. The Labute approximate surface area is 166 Å². The number of oxime groups is 1. The molecule has 0 aliphatic carbocycles. The smallest absolute Gasteiger partial charge is 0.278 e. The number of hydrogen-bond acceptors (Lipinski definition) is 9. The lowest BCUT2D eigenvalue weighted by atomic mass is 9.93. The summed E-state index contributed by atoms with van der Waals surface area (Å²) in [6, 6.07) is 9.45. The van der Waals surface area contributed by atoms with Crippen molar-refractivity contribution in [3.05, 3.63) is 74.3 Å². The van der Waals surface area contributed by atoms with E-state index >= 15 is 0 Å². The van der Waals surface area contributed by atoms with Crippen molar-refractivity contribution in [3.8, 4) is 0 Å². The van der Waals surface area contributed by atoms with Gasteiger partial charge in [-0.25, -0.2) is 4.90 Å². The van der Waals surface area contributed by atoms with Crippen molar-refractivity contribution in [3.63, 3.8) is 0 Å². The maximum atomic E-state index is 12.9. The van der Waals surface area contributed by atoms with Gasteiger partial charge in [0.05, 0.1) is 15.5 Å². The molecule has 2 aromatic rings. The van der Waals surface area contributed by atoms with Gasteiger partial charge < -0.3 is 4.84 Å². The van der Waals surface area contributed by atoms with Crippen LogP contribution in [0.2, 0.25) is 0 Å². The van der Waals surface area contributed by atoms with Crippen LogP contribution in [0.5, 0.6) is 0 Å². The molecule has 0 N–H and O–H groups in total. The lowest BCUT2D eigenvalue weighted by Crippen LogP contribution is -2.34. The number of carbonyl (C=O) groups is 3. The maximum absolute atomic E-state index is 12.9. The van der Waals surface area contributed by atoms with Crippen LogP contribution in [0.3, 0.4) is 0 Å². The SMILES string of the molecule is O=C(C1=NO[C@H]2C(=O)N(c3ccc([N+](=O)[O-])cc3)C(=O)[C@@H]12)c1ccc([N+](=O)[O-])cc1. The minimum atomic E-state index is -1.33. The van der Waals surface area contributed by atoms with Crippen molar-refractivity contribution >= 4 is 40.4 Å². The summed E-state index contributed by atoms with van der Waals surface area (Å²) in [6.45, 7) is 0. The molecule has 30 heavy (non-hydrogen) atoms. The first kappa shape index (κ1) is 18.9. The Hall–Kier alpha value is -4.48. The number of hydrogen-bond donors (Lipinski definition) is 0. The number of fused-ring (bicyclic) bond motifs is 1. The van der Waals surface area contributed by atoms with E-state index in [-0.39, 0.29) is 28.3 Å². The Kier molecular flexibility index (Phi) is 4.30. The third-order valence-corrected chi connectivity index (χ3v) is 4.70. The van der Waals surface area contributed by atoms with Gasteiger partial charge in [-0.15, -0.1) is 0 Å². The van der Waals surface area contributed by atoms with E-state index in [0.717, 1.165) is 29.2 Å². The molecule has 0 aromatic heterocycles. The summed E-state index contributed by atoms with van der Waals surface area (Å²) in [5, 5.41) is 25.1. The van der Waals surface area contributed by atoms with Gasteiger partial charge in [-0.2, -0.15) is 0 Å². The summed E-state index contributed by atoms with van der Waals surface area (Å²) >= 11 is 0. The fraction of sp³-hybridized carbons (Fsp3) is 0.111. The highest BCUT2D eigenvalue weighted by Crippen LogP contribution is 2.34. The van der Waals surface area contributed by atoms with Gasteiger partial charge in [-0.05, 0) is 24.3 Å². The standard InChI is InChI=1S/C18H10N4O8/c23-15(9-1-3-11(4-2-9)21(26)27)14-13-16(30-19-14)18(25)20(17(13)24)10-5-7-12(8-6-10)22(28)29/h1-8,13,16H/t13-,16+/m0/s1. The molecule has 0 unspecified atom stereocenters. The molecule has 2 aliphatic heterocycles. The number of nitrogens with zero attached hydrogens (tertiary/aromatic N) is 4. The topological polar surface area (TPSA) is 162 Å². The number of nitro benzene ring substituents is 2. The molecule has 2 atom stereocenters. The molecular weight excluding hydrogens is 400 g/mol. The van der Waals surface area contributed by atoms with Crippen LogP contribution in [0.15, 0.2) is 53.7 Å². The number of benzene rings is 2. The van der Waals surface area contributed by atoms with E-state index < -0.39 is 39.5 Å². The van der Waals surface area contributed by atoms with Gasteiger partial charge in [-0.1, -0.05) is 5.16 Å². The summed E-state index contributed by atoms with van der Waals surface area (Å²) in [4.78, 5) is 64.4. The number of Topliss-reactive ketones (excluding diaryl/α,β-unsaturated/α-hetero) is 1. The second kappa shape index (κ2) is 6.84. The summed E-state index contributed by atoms with van der Waals surface area (Å²) in [6.07, 6.45) is -1.33. The third kappa shape index (κ3) is 2.87. The van der Waals surface area contributed by atoms with E-state index in [9.17, 15) is 34.6 Å². The highest BCUT2D eigenvalue weighted by Gasteiger charge is 2.57. The molecule has 1 fully saturated rings. The second-order valence-electron chi connectivity index (χ2n) is 6.40. The Morgan fingerprint density at radius 2 is 1.43 bits per heavy atom. The lowest BCUT2D eigenvalue weighted by Gasteiger charge is -2.14. The van der Waals surface area contributed by atoms with Crippen LogP contribution in [0.1, 0.15) is 10.4 Å². The molecule has 4 rings (SSSR count). The zero-order valence-electron chi connectivity index (χ0n) is 14.8. The van der Waals surface area contributed by atoms with Crippen molar-refractivity contribution in [1.29, 1.82) is 0 Å². The van der Waals surface area contributed by atoms with Crippen LogP contribution in [-0.2, 0) is 14.4 Å². The van der Waals surface area contributed by atoms with E-state index in [2.05, 4.69) is 5.16 Å². The summed E-state index contributed by atoms with van der Waals surface area (Å²) in [5.74, 6) is -3.50. The molecule has 0 saturated carbocycles. The van der Waals surface area contributed by atoms with Crippen molar-refractivity contribution in [2.75, 3.05) is 4.90 Å². The van der Waals surface area contributed by atoms with Crippen molar-refractivity contribution in [1.82, 2.24) is 0 Å². The monoisotopic (exact) mass is 410 g/mol. The van der Waals surface area contributed by atoms with Crippen LogP contribution < -0.4 is 4.90 Å². The van der Waals surface area contributed by atoms with E-state index in [1.807, 2.05) is 0 Å². The molecule has 2 aromatic carbocycles. The highest BCUT2D eigenvalue weighted by molar-refractivity contribution is 6.52. The molecule has 150 valence electrons. The van der Waals surface area contributed by atoms with Crippen LogP contribution in [0.4, 0.5) is 17.1 Å². The van der Waals surface area contributed by atoms with Gasteiger partial charge >= 0.3 is 0 Å². The number of anilines is 1. The molecule has 2 amide bonds. The van der Waals surface area contributed by atoms with Gasteiger partial charge in [-0.3, -0.25) is 34.6 Å². The number of non-ortho nitro benzene ring substituents is 2. The van der Waals surface area contributed by atoms with Crippen molar-refractivity contribution in [2.24, 2.45) is 11.1 Å². The number of amides is 2. The van der Waals surface area contributed by atoms with E-state index in [4.69, 9.17) is 4.84 Å². The Morgan fingerprint density at radius 3 is 1.97 bits per heavy atom. The predicted molar refractivity (Wildman–Crippen MR) is 98.8 cm³/mol. The fourth-order valence-electron chi connectivity index (χ4n) is 3.23. The van der Waals surface area contributed by atoms with Crippen LogP contribution >= 0.6 is 0 Å².